The molecule has 0 aromatic rings. The summed E-state index contributed by atoms with van der Waals surface area (Å²) in [5.41, 5.74) is 0. The molecule has 92 valence electrons. The molecule has 0 saturated carbocycles. The smallest absolute Gasteiger partial charge is 0.377 e. The number of halogens is 2. The molecule has 1 unspecified atom stereocenters. The van der Waals surface area contributed by atoms with Gasteiger partial charge in [-0.25, -0.2) is 4.79 Å². The number of esters is 1. The van der Waals surface area contributed by atoms with Crippen LogP contribution in [0.1, 0.15) is 13.3 Å². The number of likely N-dealkylation sites (N-methyl/N-ethyl adjacent to an activating group) is 1. The molecule has 2 saturated heterocycles. The third-order valence-corrected chi connectivity index (χ3v) is 3.18. The second kappa shape index (κ2) is 4.25. The van der Waals surface area contributed by atoms with Gasteiger partial charge in [0.15, 0.2) is 0 Å². The highest BCUT2D eigenvalue weighted by atomic mass is 19.3. The molecule has 2 aliphatic rings. The zero-order valence-corrected chi connectivity index (χ0v) is 9.21. The standard InChI is InChI=1S/C10H16F2N2O2/c1-2-14(7-4-13-5-7)6-8-3-10(11,12)9(15)16-8/h7-8,13H,2-6H2,1H3. The van der Waals surface area contributed by atoms with Crippen molar-refractivity contribution in [3.8, 4) is 0 Å². The Balaban J connectivity index is 1.87. The molecule has 0 aromatic heterocycles. The second-order valence-electron chi connectivity index (χ2n) is 4.34. The van der Waals surface area contributed by atoms with E-state index >= 15 is 0 Å². The molecule has 2 heterocycles. The van der Waals surface area contributed by atoms with Crippen molar-refractivity contribution in [1.82, 2.24) is 10.2 Å². The number of nitrogens with zero attached hydrogens (tertiary/aromatic N) is 1. The summed E-state index contributed by atoms with van der Waals surface area (Å²) in [7, 11) is 0. The molecular formula is C10H16F2N2O2. The van der Waals surface area contributed by atoms with Crippen molar-refractivity contribution in [2.24, 2.45) is 0 Å². The Morgan fingerprint density at radius 1 is 1.56 bits per heavy atom. The number of carbonyl (C=O) groups excluding carboxylic acids is 1. The van der Waals surface area contributed by atoms with Crippen molar-refractivity contribution in [1.29, 1.82) is 0 Å². The lowest BCUT2D eigenvalue weighted by molar-refractivity contribution is -0.159. The van der Waals surface area contributed by atoms with Gasteiger partial charge in [0.2, 0.25) is 0 Å². The molecule has 1 atom stereocenters. The molecule has 0 aliphatic carbocycles. The highest BCUT2D eigenvalue weighted by Crippen LogP contribution is 2.31. The normalized spacial score (nSPS) is 29.2. The van der Waals surface area contributed by atoms with Crippen molar-refractivity contribution in [3.63, 3.8) is 0 Å². The zero-order chi connectivity index (χ0) is 11.8. The van der Waals surface area contributed by atoms with Crippen LogP contribution in [0.2, 0.25) is 0 Å². The van der Waals surface area contributed by atoms with E-state index in [0.29, 0.717) is 12.6 Å². The van der Waals surface area contributed by atoms with Crippen LogP contribution in [0.15, 0.2) is 0 Å². The van der Waals surface area contributed by atoms with E-state index in [-0.39, 0.29) is 0 Å². The summed E-state index contributed by atoms with van der Waals surface area (Å²) < 4.78 is 30.5. The highest BCUT2D eigenvalue weighted by Gasteiger charge is 2.51. The zero-order valence-electron chi connectivity index (χ0n) is 9.21. The number of hydrogen-bond acceptors (Lipinski definition) is 4. The van der Waals surface area contributed by atoms with Crippen LogP contribution < -0.4 is 5.32 Å². The van der Waals surface area contributed by atoms with Crippen LogP contribution in [0.4, 0.5) is 8.78 Å². The minimum atomic E-state index is -3.29. The summed E-state index contributed by atoms with van der Waals surface area (Å²) in [6.07, 6.45) is -1.15. The van der Waals surface area contributed by atoms with Crippen LogP contribution in [0.3, 0.4) is 0 Å². The first-order chi connectivity index (χ1) is 7.53. The maximum absolute atomic E-state index is 12.9. The average Bonchev–Trinajstić information content (AvgIpc) is 2.36. The summed E-state index contributed by atoms with van der Waals surface area (Å²) >= 11 is 0. The average molecular weight is 234 g/mol. The molecule has 0 spiro atoms. The quantitative estimate of drug-likeness (QED) is 0.707. The van der Waals surface area contributed by atoms with Crippen LogP contribution in [0.25, 0.3) is 0 Å². The molecule has 6 heteroatoms. The summed E-state index contributed by atoms with van der Waals surface area (Å²) in [5, 5.41) is 3.13. The fourth-order valence-corrected chi connectivity index (χ4v) is 2.08. The third-order valence-electron chi connectivity index (χ3n) is 3.18. The molecule has 2 fully saturated rings. The van der Waals surface area contributed by atoms with Gasteiger partial charge in [0.05, 0.1) is 6.42 Å². The Labute approximate surface area is 92.9 Å². The van der Waals surface area contributed by atoms with E-state index < -0.39 is 24.4 Å². The summed E-state index contributed by atoms with van der Waals surface area (Å²) in [6, 6.07) is 0.387. The van der Waals surface area contributed by atoms with Crippen LogP contribution >= 0.6 is 0 Å². The fourth-order valence-electron chi connectivity index (χ4n) is 2.08. The molecule has 1 N–H and O–H groups in total. The van der Waals surface area contributed by atoms with Gasteiger partial charge in [-0.3, -0.25) is 4.90 Å². The van der Waals surface area contributed by atoms with Gasteiger partial charge in [-0.1, -0.05) is 6.92 Å². The number of ether oxygens (including phenoxy) is 1. The van der Waals surface area contributed by atoms with E-state index in [9.17, 15) is 13.6 Å². The molecule has 4 nitrogen and oxygen atoms in total. The van der Waals surface area contributed by atoms with Crippen molar-refractivity contribution in [2.75, 3.05) is 26.2 Å². The number of nitrogens with one attached hydrogen (secondary N) is 1. The first-order valence-electron chi connectivity index (χ1n) is 5.56. The predicted molar refractivity (Wildman–Crippen MR) is 53.3 cm³/mol. The van der Waals surface area contributed by atoms with Gasteiger partial charge in [0, 0.05) is 25.7 Å². The number of hydrogen-bond donors (Lipinski definition) is 1. The first kappa shape index (κ1) is 11.7. The Kier molecular flexibility index (Phi) is 3.12. The summed E-state index contributed by atoms with van der Waals surface area (Å²) in [5.74, 6) is -4.66. The van der Waals surface area contributed by atoms with Gasteiger partial charge in [-0.15, -0.1) is 0 Å². The van der Waals surface area contributed by atoms with Crippen molar-refractivity contribution in [2.45, 2.75) is 31.4 Å². The number of rotatable bonds is 4. The minimum absolute atomic E-state index is 0.387. The monoisotopic (exact) mass is 234 g/mol. The number of alkyl halides is 2. The van der Waals surface area contributed by atoms with Gasteiger partial charge in [-0.05, 0) is 6.54 Å². The molecule has 0 radical (unpaired) electrons. The Bertz CT molecular complexity index is 282. The van der Waals surface area contributed by atoms with E-state index in [2.05, 4.69) is 15.0 Å². The van der Waals surface area contributed by atoms with Gasteiger partial charge < -0.3 is 10.1 Å². The van der Waals surface area contributed by atoms with Crippen molar-refractivity contribution < 1.29 is 18.3 Å². The molecular weight excluding hydrogens is 218 g/mol. The van der Waals surface area contributed by atoms with Crippen molar-refractivity contribution in [3.05, 3.63) is 0 Å². The lowest BCUT2D eigenvalue weighted by Crippen LogP contribution is -2.58. The molecule has 2 rings (SSSR count). The SMILES string of the molecule is CCN(CC1CC(F)(F)C(=O)O1)C1CNC1. The summed E-state index contributed by atoms with van der Waals surface area (Å²) in [4.78, 5) is 12.9. The van der Waals surface area contributed by atoms with E-state index in [1.807, 2.05) is 6.92 Å². The second-order valence-corrected chi connectivity index (χ2v) is 4.34. The molecule has 16 heavy (non-hydrogen) atoms. The van der Waals surface area contributed by atoms with E-state index in [1.54, 1.807) is 0 Å². The lowest BCUT2D eigenvalue weighted by atomic mass is 10.1. The first-order valence-corrected chi connectivity index (χ1v) is 5.56. The Hall–Kier alpha value is -0.750. The largest absolute Gasteiger partial charge is 0.456 e. The number of carbonyl (C=O) groups is 1. The molecule has 0 amide bonds. The molecule has 2 aliphatic heterocycles. The predicted octanol–water partition coefficient (Wildman–Crippen LogP) is 0.231. The number of cyclic esters (lactones) is 1. The van der Waals surface area contributed by atoms with E-state index in [0.717, 1.165) is 19.6 Å². The van der Waals surface area contributed by atoms with Gasteiger partial charge in [0.1, 0.15) is 6.10 Å². The van der Waals surface area contributed by atoms with Crippen LogP contribution in [-0.2, 0) is 9.53 Å². The van der Waals surface area contributed by atoms with Gasteiger partial charge >= 0.3 is 11.9 Å². The maximum atomic E-state index is 12.9. The van der Waals surface area contributed by atoms with Crippen molar-refractivity contribution >= 4 is 5.97 Å². The lowest BCUT2D eigenvalue weighted by Gasteiger charge is -2.38. The van der Waals surface area contributed by atoms with Crippen LogP contribution in [-0.4, -0.2) is 55.1 Å². The topological polar surface area (TPSA) is 41.6 Å². The van der Waals surface area contributed by atoms with Crippen LogP contribution in [0, 0.1) is 0 Å². The fraction of sp³-hybridized carbons (Fsp3) is 0.900. The summed E-state index contributed by atoms with van der Waals surface area (Å²) in [6.45, 7) is 4.93. The van der Waals surface area contributed by atoms with Crippen LogP contribution in [0.5, 0.6) is 0 Å². The maximum Gasteiger partial charge on any atom is 0.377 e. The highest BCUT2D eigenvalue weighted by molar-refractivity contribution is 5.79. The van der Waals surface area contributed by atoms with Gasteiger partial charge in [0.25, 0.3) is 0 Å². The Morgan fingerprint density at radius 2 is 2.25 bits per heavy atom. The third kappa shape index (κ3) is 2.17. The molecule has 0 bridgehead atoms. The minimum Gasteiger partial charge on any atom is -0.456 e. The molecule has 0 aromatic carbocycles. The van der Waals surface area contributed by atoms with Gasteiger partial charge in [-0.2, -0.15) is 8.78 Å². The van der Waals surface area contributed by atoms with E-state index in [1.165, 1.54) is 0 Å². The Morgan fingerprint density at radius 3 is 2.62 bits per heavy atom. The van der Waals surface area contributed by atoms with E-state index in [4.69, 9.17) is 0 Å².